The van der Waals surface area contributed by atoms with Gasteiger partial charge in [-0.25, -0.2) is 0 Å². The molecule has 3 heterocycles. The molecule has 1 amide bonds. The predicted molar refractivity (Wildman–Crippen MR) is 85.7 cm³/mol. The van der Waals surface area contributed by atoms with Crippen LogP contribution in [-0.2, 0) is 6.42 Å². The summed E-state index contributed by atoms with van der Waals surface area (Å²) in [6, 6.07) is 6.51. The number of rotatable bonds is 4. The van der Waals surface area contributed by atoms with E-state index in [4.69, 9.17) is 0 Å². The number of aryl methyl sites for hydroxylation is 2. The molecule has 110 valence electrons. The van der Waals surface area contributed by atoms with Crippen molar-refractivity contribution in [3.63, 3.8) is 0 Å². The van der Waals surface area contributed by atoms with Gasteiger partial charge in [-0.05, 0) is 67.3 Å². The van der Waals surface area contributed by atoms with Gasteiger partial charge in [-0.2, -0.15) is 0 Å². The molecule has 1 aliphatic rings. The van der Waals surface area contributed by atoms with Crippen molar-refractivity contribution in [1.29, 1.82) is 0 Å². The standard InChI is InChI=1S/C17H20N2OS/c1-13-11-16(21-12-13)17(20)19-10-2-3-15(19)5-4-14-6-8-18-9-7-14/h6-9,11-12,15H,2-5,10H2,1H3/t15-/m1/s1. The summed E-state index contributed by atoms with van der Waals surface area (Å²) in [7, 11) is 0. The Hall–Kier alpha value is -1.68. The molecular weight excluding hydrogens is 280 g/mol. The Labute approximate surface area is 129 Å². The molecule has 1 saturated heterocycles. The molecule has 0 saturated carbocycles. The van der Waals surface area contributed by atoms with Crippen LogP contribution in [0.3, 0.4) is 0 Å². The highest BCUT2D eigenvalue weighted by Gasteiger charge is 2.29. The third kappa shape index (κ3) is 3.32. The van der Waals surface area contributed by atoms with E-state index in [-0.39, 0.29) is 5.91 Å². The fraction of sp³-hybridized carbons (Fsp3) is 0.412. The first-order valence-corrected chi connectivity index (χ1v) is 8.37. The predicted octanol–water partition coefficient (Wildman–Crippen LogP) is 3.69. The minimum absolute atomic E-state index is 0.213. The van der Waals surface area contributed by atoms with Gasteiger partial charge in [-0.1, -0.05) is 0 Å². The van der Waals surface area contributed by atoms with Gasteiger partial charge < -0.3 is 4.90 Å². The number of likely N-dealkylation sites (tertiary alicyclic amines) is 1. The van der Waals surface area contributed by atoms with Crippen LogP contribution in [0.1, 0.15) is 40.1 Å². The van der Waals surface area contributed by atoms with E-state index in [9.17, 15) is 4.79 Å². The molecule has 0 aromatic carbocycles. The first kappa shape index (κ1) is 14.3. The zero-order chi connectivity index (χ0) is 14.7. The Balaban J connectivity index is 1.64. The van der Waals surface area contributed by atoms with Crippen molar-refractivity contribution in [1.82, 2.24) is 9.88 Å². The number of hydrogen-bond acceptors (Lipinski definition) is 3. The summed E-state index contributed by atoms with van der Waals surface area (Å²) in [5, 5.41) is 2.05. The lowest BCUT2D eigenvalue weighted by molar-refractivity contribution is 0.0735. The fourth-order valence-electron chi connectivity index (χ4n) is 2.97. The first-order valence-electron chi connectivity index (χ1n) is 7.49. The second-order valence-corrected chi connectivity index (χ2v) is 6.59. The van der Waals surface area contributed by atoms with Gasteiger partial charge in [0.2, 0.25) is 0 Å². The van der Waals surface area contributed by atoms with Crippen molar-refractivity contribution < 1.29 is 4.79 Å². The van der Waals surface area contributed by atoms with Gasteiger partial charge >= 0.3 is 0 Å². The zero-order valence-electron chi connectivity index (χ0n) is 12.3. The summed E-state index contributed by atoms with van der Waals surface area (Å²) in [5.41, 5.74) is 2.48. The normalized spacial score (nSPS) is 18.1. The maximum absolute atomic E-state index is 12.6. The first-order chi connectivity index (χ1) is 10.2. The van der Waals surface area contributed by atoms with Crippen molar-refractivity contribution in [2.45, 2.75) is 38.6 Å². The number of nitrogens with zero attached hydrogens (tertiary/aromatic N) is 2. The molecular formula is C17H20N2OS. The SMILES string of the molecule is Cc1csc(C(=O)N2CCC[C@@H]2CCc2ccncc2)c1. The number of amides is 1. The van der Waals surface area contributed by atoms with E-state index in [1.165, 1.54) is 11.1 Å². The molecule has 0 N–H and O–H groups in total. The lowest BCUT2D eigenvalue weighted by atomic mass is 10.0. The van der Waals surface area contributed by atoms with Crippen molar-refractivity contribution in [2.75, 3.05) is 6.54 Å². The van der Waals surface area contributed by atoms with Crippen molar-refractivity contribution >= 4 is 17.2 Å². The van der Waals surface area contributed by atoms with E-state index in [2.05, 4.69) is 27.4 Å². The minimum atomic E-state index is 0.213. The van der Waals surface area contributed by atoms with Crippen LogP contribution in [0.2, 0.25) is 0 Å². The summed E-state index contributed by atoms with van der Waals surface area (Å²) in [5.74, 6) is 0.213. The fourth-order valence-corrected chi connectivity index (χ4v) is 3.82. The number of carbonyl (C=O) groups excluding carboxylic acids is 1. The van der Waals surface area contributed by atoms with Gasteiger partial charge in [0.25, 0.3) is 5.91 Å². The topological polar surface area (TPSA) is 33.2 Å². The molecule has 0 bridgehead atoms. The van der Waals surface area contributed by atoms with Crippen LogP contribution in [0.4, 0.5) is 0 Å². The van der Waals surface area contributed by atoms with Crippen LogP contribution < -0.4 is 0 Å². The molecule has 2 aromatic heterocycles. The lowest BCUT2D eigenvalue weighted by Crippen LogP contribution is -2.35. The Morgan fingerprint density at radius 3 is 2.95 bits per heavy atom. The third-order valence-corrected chi connectivity index (χ3v) is 5.13. The maximum atomic E-state index is 12.6. The van der Waals surface area contributed by atoms with E-state index in [1.54, 1.807) is 11.3 Å². The minimum Gasteiger partial charge on any atom is -0.335 e. The van der Waals surface area contributed by atoms with Crippen LogP contribution in [0, 0.1) is 6.92 Å². The van der Waals surface area contributed by atoms with Gasteiger partial charge in [0.15, 0.2) is 0 Å². The molecule has 0 aliphatic carbocycles. The van der Waals surface area contributed by atoms with Crippen LogP contribution in [0.15, 0.2) is 36.0 Å². The number of hydrogen-bond donors (Lipinski definition) is 0. The molecule has 0 unspecified atom stereocenters. The molecule has 3 rings (SSSR count). The Morgan fingerprint density at radius 1 is 1.43 bits per heavy atom. The van der Waals surface area contributed by atoms with Crippen molar-refractivity contribution in [3.8, 4) is 0 Å². The van der Waals surface area contributed by atoms with Crippen LogP contribution >= 0.6 is 11.3 Å². The van der Waals surface area contributed by atoms with Crippen LogP contribution in [0.25, 0.3) is 0 Å². The molecule has 3 nitrogen and oxygen atoms in total. The summed E-state index contributed by atoms with van der Waals surface area (Å²) >= 11 is 1.56. The van der Waals surface area contributed by atoms with Crippen LogP contribution in [0.5, 0.6) is 0 Å². The van der Waals surface area contributed by atoms with Gasteiger partial charge in [-0.15, -0.1) is 11.3 Å². The van der Waals surface area contributed by atoms with Crippen molar-refractivity contribution in [3.05, 3.63) is 52.0 Å². The van der Waals surface area contributed by atoms with Gasteiger partial charge in [0.1, 0.15) is 0 Å². The highest BCUT2D eigenvalue weighted by atomic mass is 32.1. The number of pyridine rings is 1. The molecule has 0 radical (unpaired) electrons. The zero-order valence-corrected chi connectivity index (χ0v) is 13.1. The van der Waals surface area contributed by atoms with E-state index < -0.39 is 0 Å². The summed E-state index contributed by atoms with van der Waals surface area (Å²) < 4.78 is 0. The maximum Gasteiger partial charge on any atom is 0.264 e. The number of aromatic nitrogens is 1. The number of thiophene rings is 1. The quantitative estimate of drug-likeness (QED) is 0.863. The molecule has 21 heavy (non-hydrogen) atoms. The van der Waals surface area contributed by atoms with Gasteiger partial charge in [0, 0.05) is 25.0 Å². The van der Waals surface area contributed by atoms with E-state index in [0.29, 0.717) is 6.04 Å². The molecule has 1 fully saturated rings. The Morgan fingerprint density at radius 2 is 2.24 bits per heavy atom. The van der Waals surface area contributed by atoms with Gasteiger partial charge in [0.05, 0.1) is 4.88 Å². The second kappa shape index (κ2) is 6.39. The summed E-state index contributed by atoms with van der Waals surface area (Å²) in [6.45, 7) is 2.94. The molecule has 0 spiro atoms. The molecule has 4 heteroatoms. The average molecular weight is 300 g/mol. The Bertz CT molecular complexity index is 608. The smallest absolute Gasteiger partial charge is 0.264 e. The summed E-state index contributed by atoms with van der Waals surface area (Å²) in [4.78, 5) is 19.6. The largest absolute Gasteiger partial charge is 0.335 e. The molecule has 2 aromatic rings. The van der Waals surface area contributed by atoms with E-state index in [0.717, 1.165) is 37.1 Å². The highest BCUT2D eigenvalue weighted by Crippen LogP contribution is 2.26. The van der Waals surface area contributed by atoms with E-state index >= 15 is 0 Å². The average Bonchev–Trinajstić information content (AvgIpc) is 3.14. The number of carbonyl (C=O) groups is 1. The molecule has 1 aliphatic heterocycles. The molecule has 1 atom stereocenters. The monoisotopic (exact) mass is 300 g/mol. The Kier molecular flexibility index (Phi) is 4.34. The van der Waals surface area contributed by atoms with E-state index in [1.807, 2.05) is 25.4 Å². The second-order valence-electron chi connectivity index (χ2n) is 5.68. The third-order valence-electron chi connectivity index (χ3n) is 4.09. The lowest BCUT2D eigenvalue weighted by Gasteiger charge is -2.24. The highest BCUT2D eigenvalue weighted by molar-refractivity contribution is 7.12. The summed E-state index contributed by atoms with van der Waals surface area (Å²) in [6.07, 6.45) is 7.97. The van der Waals surface area contributed by atoms with Crippen LogP contribution in [-0.4, -0.2) is 28.4 Å². The van der Waals surface area contributed by atoms with Crippen molar-refractivity contribution in [2.24, 2.45) is 0 Å². The van der Waals surface area contributed by atoms with Gasteiger partial charge in [-0.3, -0.25) is 9.78 Å².